The lowest BCUT2D eigenvalue weighted by Gasteiger charge is -2.02. The van der Waals surface area contributed by atoms with E-state index in [1.807, 2.05) is 13.0 Å². The van der Waals surface area contributed by atoms with Gasteiger partial charge < -0.3 is 4.40 Å². The number of fused-ring (bicyclic) bond motifs is 6. The molecule has 0 aromatic carbocycles. The minimum absolute atomic E-state index is 0.924. The van der Waals surface area contributed by atoms with Gasteiger partial charge in [-0.3, -0.25) is 4.40 Å². The van der Waals surface area contributed by atoms with Crippen LogP contribution in [0.5, 0.6) is 0 Å². The molecule has 0 atom stereocenters. The van der Waals surface area contributed by atoms with Crippen LogP contribution in [-0.2, 0) is 0 Å². The molecule has 0 saturated heterocycles. The minimum atomic E-state index is 0.924. The molecule has 0 radical (unpaired) electrons. The predicted molar refractivity (Wildman–Crippen MR) is 64.1 cm³/mol. The van der Waals surface area contributed by atoms with Crippen molar-refractivity contribution in [1.82, 2.24) is 19.0 Å². The highest BCUT2D eigenvalue weighted by Gasteiger charge is 2.12. The molecule has 5 heteroatoms. The highest BCUT2D eigenvalue weighted by atomic mass is 32.1. The van der Waals surface area contributed by atoms with Gasteiger partial charge in [0.2, 0.25) is 0 Å². The van der Waals surface area contributed by atoms with Crippen molar-refractivity contribution in [3.63, 3.8) is 0 Å². The Morgan fingerprint density at radius 1 is 1.19 bits per heavy atom. The molecule has 0 N–H and O–H groups in total. The second-order valence-electron chi connectivity index (χ2n) is 3.78. The highest BCUT2D eigenvalue weighted by molar-refractivity contribution is 7.16. The summed E-state index contributed by atoms with van der Waals surface area (Å²) in [7, 11) is 0. The summed E-state index contributed by atoms with van der Waals surface area (Å²) in [5, 5.41) is 10.5. The van der Waals surface area contributed by atoms with Crippen LogP contribution in [-0.4, -0.2) is 19.0 Å². The van der Waals surface area contributed by atoms with E-state index in [4.69, 9.17) is 0 Å². The highest BCUT2D eigenvalue weighted by Crippen LogP contribution is 2.26. The lowest BCUT2D eigenvalue weighted by Crippen LogP contribution is -1.94. The van der Waals surface area contributed by atoms with E-state index in [1.165, 1.54) is 10.3 Å². The van der Waals surface area contributed by atoms with Crippen molar-refractivity contribution in [3.8, 4) is 0 Å². The summed E-state index contributed by atoms with van der Waals surface area (Å²) in [6, 6.07) is 6.23. The molecule has 16 heavy (non-hydrogen) atoms. The van der Waals surface area contributed by atoms with Crippen LogP contribution in [0, 0.1) is 6.92 Å². The monoisotopic (exact) mass is 228 g/mol. The van der Waals surface area contributed by atoms with Crippen LogP contribution in [0.4, 0.5) is 0 Å². The van der Waals surface area contributed by atoms with E-state index in [1.54, 1.807) is 11.3 Å². The Morgan fingerprint density at radius 3 is 3.06 bits per heavy atom. The van der Waals surface area contributed by atoms with Gasteiger partial charge in [-0.2, -0.15) is 0 Å². The van der Waals surface area contributed by atoms with Crippen molar-refractivity contribution < 1.29 is 0 Å². The summed E-state index contributed by atoms with van der Waals surface area (Å²) in [5.74, 6) is 0.933. The fraction of sp³-hybridized carbons (Fsp3) is 0.0909. The normalized spacial score (nSPS) is 12.1. The molecule has 0 spiro atoms. The molecule has 0 aliphatic heterocycles. The van der Waals surface area contributed by atoms with Crippen molar-refractivity contribution in [1.29, 1.82) is 0 Å². The maximum absolute atomic E-state index is 4.25. The van der Waals surface area contributed by atoms with Crippen molar-refractivity contribution in [2.45, 2.75) is 6.92 Å². The van der Waals surface area contributed by atoms with Gasteiger partial charge in [-0.05, 0) is 30.5 Å². The third-order valence-corrected chi connectivity index (χ3v) is 3.79. The topological polar surface area (TPSA) is 34.6 Å². The third kappa shape index (κ3) is 0.806. The molecule has 0 aliphatic rings. The minimum Gasteiger partial charge on any atom is -0.303 e. The van der Waals surface area contributed by atoms with Crippen LogP contribution in [0.2, 0.25) is 0 Å². The Kier molecular flexibility index (Phi) is 1.36. The fourth-order valence-corrected chi connectivity index (χ4v) is 3.08. The van der Waals surface area contributed by atoms with Crippen molar-refractivity contribution in [2.24, 2.45) is 0 Å². The van der Waals surface area contributed by atoms with E-state index in [2.05, 4.69) is 42.7 Å². The fourth-order valence-electron chi connectivity index (χ4n) is 2.20. The number of aromatic nitrogens is 4. The molecule has 4 rings (SSSR count). The summed E-state index contributed by atoms with van der Waals surface area (Å²) in [6.45, 7) is 1.98. The van der Waals surface area contributed by atoms with Gasteiger partial charge in [-0.25, -0.2) is 0 Å². The first kappa shape index (κ1) is 8.29. The molecule has 0 fully saturated rings. The second kappa shape index (κ2) is 2.62. The smallest absolute Gasteiger partial charge is 0.185 e. The van der Waals surface area contributed by atoms with Crippen LogP contribution >= 0.6 is 11.3 Å². The van der Waals surface area contributed by atoms with Crippen molar-refractivity contribution in [3.05, 3.63) is 35.6 Å². The zero-order valence-corrected chi connectivity index (χ0v) is 9.40. The van der Waals surface area contributed by atoms with Gasteiger partial charge in [0.1, 0.15) is 10.7 Å². The van der Waals surface area contributed by atoms with Crippen molar-refractivity contribution >= 4 is 32.8 Å². The first-order valence-corrected chi connectivity index (χ1v) is 5.92. The van der Waals surface area contributed by atoms with Gasteiger partial charge in [0, 0.05) is 6.20 Å². The maximum Gasteiger partial charge on any atom is 0.185 e. The Bertz CT molecular complexity index is 790. The molecular formula is C11H8N4S. The van der Waals surface area contributed by atoms with E-state index in [9.17, 15) is 0 Å². The standard InChI is InChI=1S/C11H8N4S/c1-7-12-13-10-8-3-2-5-14(8)11-9(15(7)10)4-6-16-11/h2-6H,1H3. The quantitative estimate of drug-likeness (QED) is 0.463. The predicted octanol–water partition coefficient (Wildman–Crippen LogP) is 2.51. The second-order valence-corrected chi connectivity index (χ2v) is 4.68. The Labute approximate surface area is 94.8 Å². The lowest BCUT2D eigenvalue weighted by atomic mass is 10.4. The molecule has 0 unspecified atom stereocenters. The Hall–Kier alpha value is -1.88. The summed E-state index contributed by atoms with van der Waals surface area (Å²) in [6.07, 6.45) is 2.07. The largest absolute Gasteiger partial charge is 0.303 e. The van der Waals surface area contributed by atoms with E-state index in [-0.39, 0.29) is 0 Å². The van der Waals surface area contributed by atoms with Gasteiger partial charge in [0.05, 0.1) is 11.0 Å². The van der Waals surface area contributed by atoms with E-state index < -0.39 is 0 Å². The lowest BCUT2D eigenvalue weighted by molar-refractivity contribution is 1.02. The number of hydrogen-bond acceptors (Lipinski definition) is 3. The number of hydrogen-bond donors (Lipinski definition) is 0. The molecule has 4 heterocycles. The number of nitrogens with zero attached hydrogens (tertiary/aromatic N) is 4. The van der Waals surface area contributed by atoms with Crippen LogP contribution in [0.25, 0.3) is 21.5 Å². The average Bonchev–Trinajstić information content (AvgIpc) is 2.91. The molecule has 0 aliphatic carbocycles. The molecule has 0 saturated carbocycles. The Balaban J connectivity index is 2.53. The van der Waals surface area contributed by atoms with Crippen LogP contribution < -0.4 is 0 Å². The molecule has 4 aromatic heterocycles. The van der Waals surface area contributed by atoms with Crippen LogP contribution in [0.3, 0.4) is 0 Å². The molecule has 4 nitrogen and oxygen atoms in total. The molecular weight excluding hydrogens is 220 g/mol. The summed E-state index contributed by atoms with van der Waals surface area (Å²) in [5.41, 5.74) is 3.20. The van der Waals surface area contributed by atoms with Gasteiger partial charge in [-0.15, -0.1) is 21.5 Å². The Morgan fingerprint density at radius 2 is 2.12 bits per heavy atom. The summed E-state index contributed by atoms with van der Waals surface area (Å²) >= 11 is 1.73. The van der Waals surface area contributed by atoms with Gasteiger partial charge >= 0.3 is 0 Å². The third-order valence-electron chi connectivity index (χ3n) is 2.89. The zero-order valence-electron chi connectivity index (χ0n) is 8.58. The van der Waals surface area contributed by atoms with Crippen LogP contribution in [0.15, 0.2) is 29.8 Å². The first-order chi connectivity index (χ1) is 7.86. The van der Waals surface area contributed by atoms with E-state index in [0.717, 1.165) is 17.0 Å². The van der Waals surface area contributed by atoms with E-state index >= 15 is 0 Å². The number of aryl methyl sites for hydroxylation is 1. The van der Waals surface area contributed by atoms with Crippen LogP contribution in [0.1, 0.15) is 5.82 Å². The summed E-state index contributed by atoms with van der Waals surface area (Å²) in [4.78, 5) is 1.23. The van der Waals surface area contributed by atoms with Crippen molar-refractivity contribution in [2.75, 3.05) is 0 Å². The number of thiophene rings is 1. The first-order valence-electron chi connectivity index (χ1n) is 5.04. The summed E-state index contributed by atoms with van der Waals surface area (Å²) < 4.78 is 4.28. The van der Waals surface area contributed by atoms with Gasteiger partial charge in [0.25, 0.3) is 0 Å². The molecule has 78 valence electrons. The molecule has 0 amide bonds. The molecule has 0 bridgehead atoms. The van der Waals surface area contributed by atoms with E-state index in [0.29, 0.717) is 0 Å². The number of rotatable bonds is 0. The zero-order chi connectivity index (χ0) is 10.7. The average molecular weight is 228 g/mol. The SMILES string of the molecule is Cc1nnc2c3cccn3c3sccc3n12. The molecule has 4 aromatic rings. The van der Waals surface area contributed by atoms with Gasteiger partial charge in [-0.1, -0.05) is 0 Å². The maximum atomic E-state index is 4.25. The van der Waals surface area contributed by atoms with Gasteiger partial charge in [0.15, 0.2) is 5.65 Å².